The van der Waals surface area contributed by atoms with E-state index >= 15 is 0 Å². The number of hydrazone groups is 1. The molecule has 1 amide bonds. The van der Waals surface area contributed by atoms with Gasteiger partial charge in [0.25, 0.3) is 5.91 Å². The van der Waals surface area contributed by atoms with Crippen molar-refractivity contribution in [1.82, 2.24) is 10.4 Å². The molecule has 2 heterocycles. The van der Waals surface area contributed by atoms with E-state index in [-0.39, 0.29) is 17.5 Å². The molecule has 8 heteroatoms. The summed E-state index contributed by atoms with van der Waals surface area (Å²) in [4.78, 5) is 16.9. The highest BCUT2D eigenvalue weighted by Crippen LogP contribution is 2.35. The van der Waals surface area contributed by atoms with Gasteiger partial charge in [0.15, 0.2) is 5.69 Å². The number of thiophene rings is 1. The SMILES string of the molecule is O=C(NN=Cc1nc(-c2ccccc2)oc1O)c1sc2ccccc2c1Cl. The number of aromatic nitrogens is 1. The Morgan fingerprint density at radius 2 is 1.93 bits per heavy atom. The molecule has 0 bridgehead atoms. The lowest BCUT2D eigenvalue weighted by Gasteiger charge is -1.96. The van der Waals surface area contributed by atoms with Gasteiger partial charge in [0.2, 0.25) is 5.89 Å². The zero-order chi connectivity index (χ0) is 18.8. The number of nitrogens with zero attached hydrogens (tertiary/aromatic N) is 2. The van der Waals surface area contributed by atoms with Crippen LogP contribution < -0.4 is 5.43 Å². The zero-order valence-corrected chi connectivity index (χ0v) is 15.3. The first-order valence-corrected chi connectivity index (χ1v) is 9.08. The Labute approximate surface area is 162 Å². The highest BCUT2D eigenvalue weighted by atomic mass is 35.5. The van der Waals surface area contributed by atoms with Crippen molar-refractivity contribution >= 4 is 45.1 Å². The maximum Gasteiger partial charge on any atom is 0.312 e. The smallest absolute Gasteiger partial charge is 0.312 e. The molecule has 0 spiro atoms. The number of carbonyl (C=O) groups excluding carboxylic acids is 1. The van der Waals surface area contributed by atoms with Crippen molar-refractivity contribution in [1.29, 1.82) is 0 Å². The lowest BCUT2D eigenvalue weighted by Crippen LogP contribution is -2.16. The van der Waals surface area contributed by atoms with Crippen molar-refractivity contribution in [2.24, 2.45) is 5.10 Å². The van der Waals surface area contributed by atoms with Crippen molar-refractivity contribution in [2.75, 3.05) is 0 Å². The molecule has 0 aliphatic heterocycles. The van der Waals surface area contributed by atoms with Gasteiger partial charge >= 0.3 is 5.95 Å². The van der Waals surface area contributed by atoms with E-state index in [9.17, 15) is 9.90 Å². The van der Waals surface area contributed by atoms with E-state index in [1.807, 2.05) is 42.5 Å². The molecule has 0 saturated carbocycles. The molecule has 0 saturated heterocycles. The van der Waals surface area contributed by atoms with Gasteiger partial charge in [0, 0.05) is 15.6 Å². The number of hydrogen-bond acceptors (Lipinski definition) is 6. The van der Waals surface area contributed by atoms with Crippen LogP contribution in [0.2, 0.25) is 5.02 Å². The van der Waals surface area contributed by atoms with Crippen molar-refractivity contribution in [3.05, 3.63) is 70.2 Å². The number of benzene rings is 2. The highest BCUT2D eigenvalue weighted by Gasteiger charge is 2.17. The summed E-state index contributed by atoms with van der Waals surface area (Å²) in [6.45, 7) is 0. The lowest BCUT2D eigenvalue weighted by molar-refractivity contribution is 0.0959. The standard InChI is InChI=1S/C19H12ClN3O3S/c20-15-12-8-4-5-9-14(12)27-16(15)17(24)23-21-10-13-19(25)26-18(22-13)11-6-2-1-3-7-11/h1-10,25H,(H,23,24). The third kappa shape index (κ3) is 3.42. The molecule has 6 nitrogen and oxygen atoms in total. The highest BCUT2D eigenvalue weighted by molar-refractivity contribution is 7.21. The average molecular weight is 398 g/mol. The van der Waals surface area contributed by atoms with Gasteiger partial charge in [-0.2, -0.15) is 5.10 Å². The fourth-order valence-corrected chi connectivity index (χ4v) is 3.88. The predicted octanol–water partition coefficient (Wildman–Crippen LogP) is 4.68. The Hall–Kier alpha value is -3.16. The summed E-state index contributed by atoms with van der Waals surface area (Å²) in [5.41, 5.74) is 3.21. The van der Waals surface area contributed by atoms with E-state index < -0.39 is 5.91 Å². The Morgan fingerprint density at radius 3 is 2.70 bits per heavy atom. The monoisotopic (exact) mass is 397 g/mol. The molecule has 4 aromatic rings. The van der Waals surface area contributed by atoms with Gasteiger partial charge in [0.1, 0.15) is 4.88 Å². The molecule has 27 heavy (non-hydrogen) atoms. The van der Waals surface area contributed by atoms with Crippen molar-refractivity contribution in [3.63, 3.8) is 0 Å². The summed E-state index contributed by atoms with van der Waals surface area (Å²) in [6, 6.07) is 16.6. The van der Waals surface area contributed by atoms with Crippen LogP contribution in [0.25, 0.3) is 21.5 Å². The van der Waals surface area contributed by atoms with E-state index in [1.54, 1.807) is 12.1 Å². The van der Waals surface area contributed by atoms with Gasteiger partial charge in [-0.15, -0.1) is 11.3 Å². The topological polar surface area (TPSA) is 87.7 Å². The van der Waals surface area contributed by atoms with Crippen molar-refractivity contribution in [2.45, 2.75) is 0 Å². The second kappa shape index (κ2) is 7.22. The number of carbonyl (C=O) groups is 1. The molecule has 2 N–H and O–H groups in total. The fraction of sp³-hybridized carbons (Fsp3) is 0. The van der Waals surface area contributed by atoms with Crippen LogP contribution in [0.5, 0.6) is 5.95 Å². The number of nitrogens with one attached hydrogen (secondary N) is 1. The molecule has 0 unspecified atom stereocenters. The minimum atomic E-state index is -0.441. The van der Waals surface area contributed by atoms with Gasteiger partial charge in [-0.1, -0.05) is 48.0 Å². The van der Waals surface area contributed by atoms with Gasteiger partial charge < -0.3 is 9.52 Å². The van der Waals surface area contributed by atoms with E-state index in [1.165, 1.54) is 17.6 Å². The number of halogens is 1. The van der Waals surface area contributed by atoms with Gasteiger partial charge in [0.05, 0.1) is 11.2 Å². The molecular weight excluding hydrogens is 386 g/mol. The van der Waals surface area contributed by atoms with E-state index in [0.717, 1.165) is 10.1 Å². The number of aromatic hydroxyl groups is 1. The summed E-state index contributed by atoms with van der Waals surface area (Å²) < 4.78 is 6.14. The Bertz CT molecular complexity index is 1150. The summed E-state index contributed by atoms with van der Waals surface area (Å²) >= 11 is 7.56. The fourth-order valence-electron chi connectivity index (χ4n) is 2.48. The second-order valence-electron chi connectivity index (χ2n) is 5.52. The van der Waals surface area contributed by atoms with Crippen LogP contribution in [0.4, 0.5) is 0 Å². The number of amides is 1. The maximum absolute atomic E-state index is 12.3. The van der Waals surface area contributed by atoms with Crippen LogP contribution >= 0.6 is 22.9 Å². The molecule has 4 rings (SSSR count). The zero-order valence-electron chi connectivity index (χ0n) is 13.7. The molecule has 0 atom stereocenters. The molecular formula is C19H12ClN3O3S. The van der Waals surface area contributed by atoms with Crippen molar-refractivity contribution in [3.8, 4) is 17.4 Å². The third-order valence-electron chi connectivity index (χ3n) is 3.75. The van der Waals surface area contributed by atoms with Crippen LogP contribution in [0.3, 0.4) is 0 Å². The molecule has 2 aromatic carbocycles. The average Bonchev–Trinajstić information content (AvgIpc) is 3.23. The first-order chi connectivity index (χ1) is 13.1. The maximum atomic E-state index is 12.3. The molecule has 0 radical (unpaired) electrons. The number of rotatable bonds is 4. The summed E-state index contributed by atoms with van der Waals surface area (Å²) in [5, 5.41) is 14.9. The molecule has 134 valence electrons. The number of oxazole rings is 1. The Balaban J connectivity index is 1.51. The Kier molecular flexibility index (Phi) is 4.62. The van der Waals surface area contributed by atoms with Crippen LogP contribution in [-0.2, 0) is 0 Å². The lowest BCUT2D eigenvalue weighted by atomic mass is 10.2. The molecule has 0 aliphatic rings. The number of fused-ring (bicyclic) bond motifs is 1. The quantitative estimate of drug-likeness (QED) is 0.386. The van der Waals surface area contributed by atoms with Gasteiger partial charge in [-0.25, -0.2) is 10.4 Å². The minimum absolute atomic E-state index is 0.108. The van der Waals surface area contributed by atoms with Crippen LogP contribution in [0, 0.1) is 0 Å². The summed E-state index contributed by atoms with van der Waals surface area (Å²) in [7, 11) is 0. The Morgan fingerprint density at radius 1 is 1.19 bits per heavy atom. The van der Waals surface area contributed by atoms with Crippen LogP contribution in [0.1, 0.15) is 15.4 Å². The first kappa shape index (κ1) is 17.3. The molecule has 0 aliphatic carbocycles. The van der Waals surface area contributed by atoms with E-state index in [2.05, 4.69) is 15.5 Å². The van der Waals surface area contributed by atoms with E-state index in [0.29, 0.717) is 15.5 Å². The number of hydrogen-bond donors (Lipinski definition) is 2. The largest absolute Gasteiger partial charge is 0.479 e. The second-order valence-corrected chi connectivity index (χ2v) is 6.95. The predicted molar refractivity (Wildman–Crippen MR) is 105 cm³/mol. The van der Waals surface area contributed by atoms with Crippen LogP contribution in [-0.4, -0.2) is 22.2 Å². The minimum Gasteiger partial charge on any atom is -0.479 e. The summed E-state index contributed by atoms with van der Waals surface area (Å²) in [6.07, 6.45) is 1.21. The normalized spacial score (nSPS) is 11.3. The van der Waals surface area contributed by atoms with Crippen molar-refractivity contribution < 1.29 is 14.3 Å². The van der Waals surface area contributed by atoms with Gasteiger partial charge in [-0.05, 0) is 18.2 Å². The first-order valence-electron chi connectivity index (χ1n) is 7.89. The van der Waals surface area contributed by atoms with Gasteiger partial charge in [-0.3, -0.25) is 4.79 Å². The molecule has 0 fully saturated rings. The van der Waals surface area contributed by atoms with E-state index in [4.69, 9.17) is 16.0 Å². The van der Waals surface area contributed by atoms with Crippen LogP contribution in [0.15, 0.2) is 64.1 Å². The third-order valence-corrected chi connectivity index (χ3v) is 5.42. The summed E-state index contributed by atoms with van der Waals surface area (Å²) in [5.74, 6) is -0.566. The molecule has 2 aromatic heterocycles.